The van der Waals surface area contributed by atoms with Gasteiger partial charge in [-0.1, -0.05) is 47.1 Å². The summed E-state index contributed by atoms with van der Waals surface area (Å²) in [5, 5.41) is 0.123. The first kappa shape index (κ1) is 15.9. The van der Waals surface area contributed by atoms with Crippen molar-refractivity contribution in [1.82, 2.24) is 0 Å². The Kier molecular flexibility index (Phi) is 5.73. The monoisotopic (exact) mass is 326 g/mol. The molecular formula is C15H19BrO3. The number of alkyl halides is 1. The van der Waals surface area contributed by atoms with E-state index in [-0.39, 0.29) is 17.7 Å². The van der Waals surface area contributed by atoms with E-state index in [1.165, 1.54) is 5.56 Å². The van der Waals surface area contributed by atoms with Gasteiger partial charge in [-0.15, -0.1) is 0 Å². The SMILES string of the molecule is CCOC(=O)C(C)(C(=O)CBr)c1ccc(CC)cc1. The summed E-state index contributed by atoms with van der Waals surface area (Å²) in [7, 11) is 0. The molecule has 0 radical (unpaired) electrons. The van der Waals surface area contributed by atoms with Crippen molar-refractivity contribution >= 4 is 27.7 Å². The fraction of sp³-hybridized carbons (Fsp3) is 0.467. The molecule has 1 aromatic carbocycles. The molecule has 1 atom stereocenters. The second kappa shape index (κ2) is 6.85. The fourth-order valence-electron chi connectivity index (χ4n) is 1.88. The van der Waals surface area contributed by atoms with Gasteiger partial charge in [0.1, 0.15) is 5.41 Å². The van der Waals surface area contributed by atoms with Crippen molar-refractivity contribution in [2.45, 2.75) is 32.6 Å². The van der Waals surface area contributed by atoms with E-state index >= 15 is 0 Å². The smallest absolute Gasteiger partial charge is 0.323 e. The van der Waals surface area contributed by atoms with Gasteiger partial charge in [-0.25, -0.2) is 0 Å². The number of aryl methyl sites for hydroxylation is 1. The van der Waals surface area contributed by atoms with Crippen LogP contribution in [0.25, 0.3) is 0 Å². The zero-order valence-corrected chi connectivity index (χ0v) is 13.1. The molecule has 1 aromatic rings. The third kappa shape index (κ3) is 3.24. The van der Waals surface area contributed by atoms with Crippen molar-refractivity contribution in [2.75, 3.05) is 11.9 Å². The van der Waals surface area contributed by atoms with Gasteiger partial charge in [-0.2, -0.15) is 0 Å². The molecule has 0 heterocycles. The molecule has 0 aliphatic rings. The van der Waals surface area contributed by atoms with Crippen molar-refractivity contribution in [3.63, 3.8) is 0 Å². The van der Waals surface area contributed by atoms with Crippen LogP contribution in [0.1, 0.15) is 31.9 Å². The highest BCUT2D eigenvalue weighted by Crippen LogP contribution is 2.28. The van der Waals surface area contributed by atoms with E-state index in [4.69, 9.17) is 4.74 Å². The first-order valence-corrected chi connectivity index (χ1v) is 7.48. The van der Waals surface area contributed by atoms with E-state index in [1.807, 2.05) is 24.3 Å². The van der Waals surface area contributed by atoms with E-state index in [9.17, 15) is 9.59 Å². The van der Waals surface area contributed by atoms with Gasteiger partial charge in [0.25, 0.3) is 0 Å². The fourth-order valence-corrected chi connectivity index (χ4v) is 2.44. The van der Waals surface area contributed by atoms with Crippen LogP contribution >= 0.6 is 15.9 Å². The Morgan fingerprint density at radius 3 is 2.21 bits per heavy atom. The number of hydrogen-bond donors (Lipinski definition) is 0. The number of ether oxygens (including phenoxy) is 1. The predicted octanol–water partition coefficient (Wildman–Crippen LogP) is 3.03. The van der Waals surface area contributed by atoms with E-state index < -0.39 is 11.4 Å². The summed E-state index contributed by atoms with van der Waals surface area (Å²) in [6, 6.07) is 7.54. The Balaban J connectivity index is 3.22. The molecule has 4 heteroatoms. The quantitative estimate of drug-likeness (QED) is 0.458. The van der Waals surface area contributed by atoms with Gasteiger partial charge in [0, 0.05) is 0 Å². The number of carbonyl (C=O) groups excluding carboxylic acids is 2. The van der Waals surface area contributed by atoms with Crippen molar-refractivity contribution in [2.24, 2.45) is 0 Å². The highest BCUT2D eigenvalue weighted by molar-refractivity contribution is 9.09. The van der Waals surface area contributed by atoms with Crippen LogP contribution < -0.4 is 0 Å². The van der Waals surface area contributed by atoms with Crippen LogP contribution in [-0.4, -0.2) is 23.7 Å². The minimum Gasteiger partial charge on any atom is -0.465 e. The summed E-state index contributed by atoms with van der Waals surface area (Å²) < 4.78 is 5.06. The summed E-state index contributed by atoms with van der Waals surface area (Å²) >= 11 is 3.14. The van der Waals surface area contributed by atoms with E-state index in [0.717, 1.165) is 6.42 Å². The van der Waals surface area contributed by atoms with Gasteiger partial charge in [0.2, 0.25) is 0 Å². The van der Waals surface area contributed by atoms with Gasteiger partial charge in [-0.3, -0.25) is 9.59 Å². The normalized spacial score (nSPS) is 13.7. The Labute approximate surface area is 122 Å². The second-order valence-corrected chi connectivity index (χ2v) is 5.01. The summed E-state index contributed by atoms with van der Waals surface area (Å²) in [5.74, 6) is -0.695. The average molecular weight is 327 g/mol. The Bertz CT molecular complexity index is 453. The summed E-state index contributed by atoms with van der Waals surface area (Å²) in [6.45, 7) is 5.67. The maximum absolute atomic E-state index is 12.2. The standard InChI is InChI=1S/C15H19BrO3/c1-4-11-6-8-12(9-7-11)15(3,13(17)10-16)14(18)19-5-2/h6-9H,4-5,10H2,1-3H3. The summed E-state index contributed by atoms with van der Waals surface area (Å²) in [5.41, 5.74) is 0.597. The summed E-state index contributed by atoms with van der Waals surface area (Å²) in [6.07, 6.45) is 0.919. The number of hydrogen-bond acceptors (Lipinski definition) is 3. The Hall–Kier alpha value is -1.16. The Morgan fingerprint density at radius 2 is 1.79 bits per heavy atom. The molecule has 19 heavy (non-hydrogen) atoms. The summed E-state index contributed by atoms with van der Waals surface area (Å²) in [4.78, 5) is 24.3. The highest BCUT2D eigenvalue weighted by atomic mass is 79.9. The topological polar surface area (TPSA) is 43.4 Å². The molecule has 104 valence electrons. The second-order valence-electron chi connectivity index (χ2n) is 4.45. The first-order valence-electron chi connectivity index (χ1n) is 6.36. The Morgan fingerprint density at radius 1 is 1.21 bits per heavy atom. The maximum Gasteiger partial charge on any atom is 0.323 e. The van der Waals surface area contributed by atoms with Crippen LogP contribution in [0.15, 0.2) is 24.3 Å². The molecule has 0 amide bonds. The van der Waals surface area contributed by atoms with Crippen LogP contribution in [0, 0.1) is 0 Å². The first-order chi connectivity index (χ1) is 9.00. The van der Waals surface area contributed by atoms with E-state index in [2.05, 4.69) is 22.9 Å². The number of esters is 1. The minimum absolute atomic E-state index is 0.123. The van der Waals surface area contributed by atoms with Gasteiger partial charge >= 0.3 is 5.97 Å². The molecule has 3 nitrogen and oxygen atoms in total. The van der Waals surface area contributed by atoms with Crippen LogP contribution in [0.5, 0.6) is 0 Å². The van der Waals surface area contributed by atoms with Gasteiger partial charge in [-0.05, 0) is 31.4 Å². The van der Waals surface area contributed by atoms with Crippen LogP contribution in [0.2, 0.25) is 0 Å². The maximum atomic E-state index is 12.2. The lowest BCUT2D eigenvalue weighted by Gasteiger charge is -2.25. The van der Waals surface area contributed by atoms with Gasteiger partial charge in [0.15, 0.2) is 5.78 Å². The highest BCUT2D eigenvalue weighted by Gasteiger charge is 2.43. The third-order valence-electron chi connectivity index (χ3n) is 3.30. The van der Waals surface area contributed by atoms with E-state index in [0.29, 0.717) is 5.56 Å². The minimum atomic E-state index is -1.24. The molecule has 0 aromatic heterocycles. The molecule has 0 aliphatic heterocycles. The molecule has 0 fully saturated rings. The van der Waals surface area contributed by atoms with Crippen molar-refractivity contribution in [3.05, 3.63) is 35.4 Å². The van der Waals surface area contributed by atoms with Gasteiger partial charge in [0.05, 0.1) is 11.9 Å². The molecule has 0 saturated carbocycles. The van der Waals surface area contributed by atoms with Crippen molar-refractivity contribution in [1.29, 1.82) is 0 Å². The lowest BCUT2D eigenvalue weighted by atomic mass is 9.79. The molecule has 0 spiro atoms. The molecule has 0 saturated heterocycles. The lowest BCUT2D eigenvalue weighted by Crippen LogP contribution is -2.43. The molecule has 1 rings (SSSR count). The van der Waals surface area contributed by atoms with E-state index in [1.54, 1.807) is 13.8 Å². The van der Waals surface area contributed by atoms with Crippen molar-refractivity contribution < 1.29 is 14.3 Å². The molecule has 0 bridgehead atoms. The molecule has 1 unspecified atom stereocenters. The average Bonchev–Trinajstić information content (AvgIpc) is 2.45. The number of halogens is 1. The zero-order chi connectivity index (χ0) is 14.5. The molecular weight excluding hydrogens is 308 g/mol. The third-order valence-corrected chi connectivity index (χ3v) is 3.81. The number of benzene rings is 1. The van der Waals surface area contributed by atoms with Crippen LogP contribution in [0.3, 0.4) is 0 Å². The molecule has 0 N–H and O–H groups in total. The van der Waals surface area contributed by atoms with Crippen LogP contribution in [0.4, 0.5) is 0 Å². The van der Waals surface area contributed by atoms with Gasteiger partial charge < -0.3 is 4.74 Å². The number of rotatable bonds is 6. The van der Waals surface area contributed by atoms with Crippen molar-refractivity contribution in [3.8, 4) is 0 Å². The number of ketones is 1. The number of carbonyl (C=O) groups is 2. The lowest BCUT2D eigenvalue weighted by molar-refractivity contribution is -0.152. The number of Topliss-reactive ketones (excluding diaryl/α,β-unsaturated/α-hetero) is 1. The predicted molar refractivity (Wildman–Crippen MR) is 78.6 cm³/mol. The zero-order valence-electron chi connectivity index (χ0n) is 11.5. The van der Waals surface area contributed by atoms with Crippen LogP contribution in [-0.2, 0) is 26.2 Å². The molecule has 0 aliphatic carbocycles. The largest absolute Gasteiger partial charge is 0.465 e.